The van der Waals surface area contributed by atoms with Crippen molar-refractivity contribution in [3.63, 3.8) is 0 Å². The number of benzene rings is 3. The van der Waals surface area contributed by atoms with E-state index in [4.69, 9.17) is 26.1 Å². The minimum Gasteiger partial charge on any atom is -0.485 e. The average molecular weight is 436 g/mol. The zero-order chi connectivity index (χ0) is 21.0. The number of fused-ring (bicyclic) bond motifs is 2. The number of imidazole rings is 1. The highest BCUT2D eigenvalue weighted by atomic mass is 35.5. The lowest BCUT2D eigenvalue weighted by Crippen LogP contribution is -2.37. The van der Waals surface area contributed by atoms with E-state index in [-0.39, 0.29) is 0 Å². The topological polar surface area (TPSA) is 39.5 Å². The molecule has 1 aliphatic rings. The Morgan fingerprint density at radius 1 is 0.968 bits per heavy atom. The van der Waals surface area contributed by atoms with Gasteiger partial charge in [0.05, 0.1) is 24.2 Å². The largest absolute Gasteiger partial charge is 0.485 e. The highest BCUT2D eigenvalue weighted by Gasteiger charge is 2.14. The van der Waals surface area contributed by atoms with Crippen molar-refractivity contribution < 1.29 is 9.47 Å². The van der Waals surface area contributed by atoms with Crippen molar-refractivity contribution in [1.29, 1.82) is 0 Å². The number of hydrogen-bond donors (Lipinski definition) is 0. The monoisotopic (exact) mass is 435 g/mol. The maximum Gasteiger partial charge on any atom is 0.148 e. The fraction of sp³-hybridized carbons (Fsp3) is 0.320. The van der Waals surface area contributed by atoms with Gasteiger partial charge < -0.3 is 14.0 Å². The molecule has 6 heteroatoms. The van der Waals surface area contributed by atoms with Gasteiger partial charge in [-0.05, 0) is 36.1 Å². The van der Waals surface area contributed by atoms with Crippen LogP contribution in [-0.2, 0) is 17.9 Å². The summed E-state index contributed by atoms with van der Waals surface area (Å²) in [7, 11) is 0. The van der Waals surface area contributed by atoms with Crippen molar-refractivity contribution in [2.24, 2.45) is 0 Å². The first-order valence-electron chi connectivity index (χ1n) is 10.8. The van der Waals surface area contributed by atoms with E-state index >= 15 is 0 Å². The fourth-order valence-corrected chi connectivity index (χ4v) is 4.42. The summed E-state index contributed by atoms with van der Waals surface area (Å²) in [6.45, 7) is 6.05. The smallest absolute Gasteiger partial charge is 0.148 e. The molecule has 31 heavy (non-hydrogen) atoms. The van der Waals surface area contributed by atoms with Gasteiger partial charge >= 0.3 is 0 Å². The van der Waals surface area contributed by atoms with E-state index < -0.39 is 0 Å². The van der Waals surface area contributed by atoms with Gasteiger partial charge in [0.25, 0.3) is 0 Å². The Balaban J connectivity index is 1.37. The molecule has 5 nitrogen and oxygen atoms in total. The quantitative estimate of drug-likeness (QED) is 0.402. The van der Waals surface area contributed by atoms with Crippen molar-refractivity contribution in [2.45, 2.75) is 19.6 Å². The van der Waals surface area contributed by atoms with Crippen LogP contribution in [0.1, 0.15) is 12.2 Å². The molecule has 0 saturated carbocycles. The van der Waals surface area contributed by atoms with E-state index in [0.29, 0.717) is 11.6 Å². The molecule has 5 rings (SSSR count). The molecule has 1 aromatic heterocycles. The molecule has 160 valence electrons. The third kappa shape index (κ3) is 4.54. The Bertz CT molecular complexity index is 1180. The highest BCUT2D eigenvalue weighted by Crippen LogP contribution is 2.27. The molecule has 0 N–H and O–H groups in total. The van der Waals surface area contributed by atoms with Gasteiger partial charge in [0.1, 0.15) is 18.2 Å². The second kappa shape index (κ2) is 9.27. The SMILES string of the molecule is Clc1ccc2c(c1)nc(COc1cccc3ccccc13)n2CCCN1CCOCC1. The van der Waals surface area contributed by atoms with E-state index in [1.165, 1.54) is 5.39 Å². The minimum atomic E-state index is 0.415. The van der Waals surface area contributed by atoms with Crippen LogP contribution in [0.5, 0.6) is 5.75 Å². The Labute approximate surface area is 187 Å². The van der Waals surface area contributed by atoms with Crippen LogP contribution < -0.4 is 4.74 Å². The number of aryl methyl sites for hydroxylation is 1. The zero-order valence-electron chi connectivity index (χ0n) is 17.5. The molecule has 0 aliphatic carbocycles. The van der Waals surface area contributed by atoms with Crippen LogP contribution in [0.15, 0.2) is 60.7 Å². The van der Waals surface area contributed by atoms with Crippen LogP contribution in [0.4, 0.5) is 0 Å². The van der Waals surface area contributed by atoms with Crippen LogP contribution in [0, 0.1) is 0 Å². The second-order valence-corrected chi connectivity index (χ2v) is 8.32. The molecule has 3 aromatic carbocycles. The normalized spacial score (nSPS) is 15.0. The number of morpholine rings is 1. The number of aromatic nitrogens is 2. The molecule has 0 amide bonds. The van der Waals surface area contributed by atoms with E-state index in [2.05, 4.69) is 33.7 Å². The first kappa shape index (κ1) is 20.3. The summed E-state index contributed by atoms with van der Waals surface area (Å²) >= 11 is 6.23. The highest BCUT2D eigenvalue weighted by molar-refractivity contribution is 6.31. The fourth-order valence-electron chi connectivity index (χ4n) is 4.25. The van der Waals surface area contributed by atoms with Crippen molar-refractivity contribution in [3.05, 3.63) is 71.5 Å². The van der Waals surface area contributed by atoms with Crippen LogP contribution in [0.25, 0.3) is 21.8 Å². The first-order chi connectivity index (χ1) is 15.3. The zero-order valence-corrected chi connectivity index (χ0v) is 18.2. The third-order valence-corrected chi connectivity index (χ3v) is 6.09. The van der Waals surface area contributed by atoms with Gasteiger partial charge in [-0.25, -0.2) is 4.98 Å². The molecule has 0 unspecified atom stereocenters. The molecular weight excluding hydrogens is 410 g/mol. The number of halogens is 1. The minimum absolute atomic E-state index is 0.415. The predicted octanol–water partition coefficient (Wildman–Crippen LogP) is 5.14. The number of rotatable bonds is 7. The molecule has 1 fully saturated rings. The molecular formula is C25H26ClN3O2. The molecule has 0 radical (unpaired) electrons. The number of ether oxygens (including phenoxy) is 2. The Hall–Kier alpha value is -2.60. The molecule has 4 aromatic rings. The average Bonchev–Trinajstić information content (AvgIpc) is 3.14. The van der Waals surface area contributed by atoms with Crippen LogP contribution >= 0.6 is 11.6 Å². The summed E-state index contributed by atoms with van der Waals surface area (Å²) in [6.07, 6.45) is 1.05. The second-order valence-electron chi connectivity index (χ2n) is 7.89. The number of hydrogen-bond acceptors (Lipinski definition) is 4. The summed E-state index contributed by atoms with van der Waals surface area (Å²) < 4.78 is 14.0. The first-order valence-corrected chi connectivity index (χ1v) is 11.2. The van der Waals surface area contributed by atoms with Gasteiger partial charge in [0.2, 0.25) is 0 Å². The lowest BCUT2D eigenvalue weighted by atomic mass is 10.1. The Morgan fingerprint density at radius 3 is 2.71 bits per heavy atom. The van der Waals surface area contributed by atoms with Crippen molar-refractivity contribution in [2.75, 3.05) is 32.8 Å². The van der Waals surface area contributed by atoms with Crippen molar-refractivity contribution in [3.8, 4) is 5.75 Å². The summed E-state index contributed by atoms with van der Waals surface area (Å²) in [5, 5.41) is 2.99. The van der Waals surface area contributed by atoms with Gasteiger partial charge in [-0.15, -0.1) is 0 Å². The Kier molecular flexibility index (Phi) is 6.07. The summed E-state index contributed by atoms with van der Waals surface area (Å²) in [6, 6.07) is 20.3. The van der Waals surface area contributed by atoms with E-state index in [1.807, 2.05) is 36.4 Å². The summed E-state index contributed by atoms with van der Waals surface area (Å²) in [4.78, 5) is 7.32. The Morgan fingerprint density at radius 2 is 1.81 bits per heavy atom. The van der Waals surface area contributed by atoms with Crippen LogP contribution in [-0.4, -0.2) is 47.3 Å². The van der Waals surface area contributed by atoms with E-state index in [0.717, 1.165) is 73.8 Å². The van der Waals surface area contributed by atoms with E-state index in [1.54, 1.807) is 0 Å². The van der Waals surface area contributed by atoms with E-state index in [9.17, 15) is 0 Å². The van der Waals surface area contributed by atoms with Gasteiger partial charge in [0.15, 0.2) is 0 Å². The lowest BCUT2D eigenvalue weighted by molar-refractivity contribution is 0.0369. The molecule has 1 saturated heterocycles. The third-order valence-electron chi connectivity index (χ3n) is 5.86. The van der Waals surface area contributed by atoms with Gasteiger partial charge in [-0.1, -0.05) is 48.0 Å². The maximum atomic E-state index is 6.26. The molecule has 1 aliphatic heterocycles. The molecule has 2 heterocycles. The standard InChI is InChI=1S/C25H26ClN3O2/c26-20-9-10-23-22(17-20)27-25(29(23)12-4-11-28-13-15-30-16-14-28)18-31-24-8-3-6-19-5-1-2-7-21(19)24/h1-3,5-10,17H,4,11-16,18H2. The van der Waals surface area contributed by atoms with Gasteiger partial charge in [-0.3, -0.25) is 4.90 Å². The molecule has 0 bridgehead atoms. The molecule has 0 atom stereocenters. The van der Waals surface area contributed by atoms with Crippen molar-refractivity contribution >= 4 is 33.4 Å². The van der Waals surface area contributed by atoms with Gasteiger partial charge in [-0.2, -0.15) is 0 Å². The molecule has 0 spiro atoms. The van der Waals surface area contributed by atoms with Crippen LogP contribution in [0.2, 0.25) is 5.02 Å². The van der Waals surface area contributed by atoms with Crippen LogP contribution in [0.3, 0.4) is 0 Å². The summed E-state index contributed by atoms with van der Waals surface area (Å²) in [5.74, 6) is 1.80. The maximum absolute atomic E-state index is 6.26. The summed E-state index contributed by atoms with van der Waals surface area (Å²) in [5.41, 5.74) is 2.01. The lowest BCUT2D eigenvalue weighted by Gasteiger charge is -2.26. The number of nitrogens with zero attached hydrogens (tertiary/aromatic N) is 3. The van der Waals surface area contributed by atoms with Gasteiger partial charge in [0, 0.05) is 36.6 Å². The predicted molar refractivity (Wildman–Crippen MR) is 125 cm³/mol. The van der Waals surface area contributed by atoms with Crippen molar-refractivity contribution in [1.82, 2.24) is 14.5 Å².